The van der Waals surface area contributed by atoms with Crippen molar-refractivity contribution in [1.82, 2.24) is 15.3 Å². The summed E-state index contributed by atoms with van der Waals surface area (Å²) in [6.45, 7) is 10.8. The van der Waals surface area contributed by atoms with Gasteiger partial charge in [0.25, 0.3) is 0 Å². The van der Waals surface area contributed by atoms with Crippen LogP contribution in [-0.2, 0) is 4.79 Å². The van der Waals surface area contributed by atoms with E-state index in [1.807, 2.05) is 52.0 Å². The first-order chi connectivity index (χ1) is 11.4. The van der Waals surface area contributed by atoms with Crippen molar-refractivity contribution in [3.63, 3.8) is 0 Å². The van der Waals surface area contributed by atoms with Crippen molar-refractivity contribution in [2.75, 3.05) is 11.9 Å². The number of rotatable bonds is 7. The van der Waals surface area contributed by atoms with Crippen LogP contribution in [-0.4, -0.2) is 33.2 Å². The second-order valence-electron chi connectivity index (χ2n) is 6.39. The van der Waals surface area contributed by atoms with E-state index in [-0.39, 0.29) is 16.7 Å². The molecule has 0 aliphatic rings. The molecule has 1 heterocycles. The van der Waals surface area contributed by atoms with Gasteiger partial charge in [-0.15, -0.1) is 0 Å². The summed E-state index contributed by atoms with van der Waals surface area (Å²) in [7, 11) is 0. The monoisotopic (exact) mass is 346 g/mol. The Balaban J connectivity index is 2.21. The van der Waals surface area contributed by atoms with Crippen LogP contribution in [0.15, 0.2) is 29.4 Å². The summed E-state index contributed by atoms with van der Waals surface area (Å²) in [5, 5.41) is 7.70. The lowest BCUT2D eigenvalue weighted by Crippen LogP contribution is -2.46. The Morgan fingerprint density at radius 2 is 1.96 bits per heavy atom. The van der Waals surface area contributed by atoms with Crippen molar-refractivity contribution in [3.8, 4) is 0 Å². The average Bonchev–Trinajstić information content (AvgIpc) is 2.54. The van der Waals surface area contributed by atoms with Gasteiger partial charge < -0.3 is 10.6 Å². The maximum atomic E-state index is 12.4. The fraction of sp³-hybridized carbons (Fsp3) is 0.500. The number of hydrogen-bond acceptors (Lipinski definition) is 5. The smallest absolute Gasteiger partial charge is 0.233 e. The van der Waals surface area contributed by atoms with Gasteiger partial charge in [-0.25, -0.2) is 9.97 Å². The van der Waals surface area contributed by atoms with E-state index in [1.54, 1.807) is 0 Å². The molecule has 1 aromatic heterocycles. The van der Waals surface area contributed by atoms with Crippen LogP contribution >= 0.6 is 11.8 Å². The van der Waals surface area contributed by atoms with Gasteiger partial charge in [-0.2, -0.15) is 0 Å². The van der Waals surface area contributed by atoms with Crippen LogP contribution in [0.1, 0.15) is 41.0 Å². The van der Waals surface area contributed by atoms with Crippen molar-refractivity contribution in [2.45, 2.75) is 57.0 Å². The number of anilines is 1. The predicted molar refractivity (Wildman–Crippen MR) is 102 cm³/mol. The lowest BCUT2D eigenvalue weighted by Gasteiger charge is -2.26. The van der Waals surface area contributed by atoms with Crippen molar-refractivity contribution >= 4 is 34.4 Å². The molecule has 0 fully saturated rings. The highest BCUT2D eigenvalue weighted by Crippen LogP contribution is 2.27. The highest BCUT2D eigenvalue weighted by molar-refractivity contribution is 8.00. The van der Waals surface area contributed by atoms with Gasteiger partial charge in [0.2, 0.25) is 5.91 Å². The van der Waals surface area contributed by atoms with Crippen LogP contribution < -0.4 is 10.6 Å². The quantitative estimate of drug-likeness (QED) is 0.589. The van der Waals surface area contributed by atoms with E-state index in [1.165, 1.54) is 11.8 Å². The SMILES string of the molecule is CCNc1nc(SC(C)C(=O)NC(C)(C)CC)nc2ccccc12. The summed E-state index contributed by atoms with van der Waals surface area (Å²) in [6.07, 6.45) is 0.882. The van der Waals surface area contributed by atoms with Gasteiger partial charge in [0.15, 0.2) is 5.16 Å². The zero-order chi connectivity index (χ0) is 17.7. The van der Waals surface area contributed by atoms with Crippen molar-refractivity contribution in [2.24, 2.45) is 0 Å². The molecule has 0 radical (unpaired) electrons. The number of carbonyl (C=O) groups excluding carboxylic acids is 1. The average molecular weight is 347 g/mol. The van der Waals surface area contributed by atoms with Crippen molar-refractivity contribution in [3.05, 3.63) is 24.3 Å². The Morgan fingerprint density at radius 3 is 2.62 bits per heavy atom. The number of amides is 1. The topological polar surface area (TPSA) is 66.9 Å². The number of benzene rings is 1. The molecule has 0 aliphatic heterocycles. The third kappa shape index (κ3) is 4.60. The number of aromatic nitrogens is 2. The second-order valence-corrected chi connectivity index (χ2v) is 7.70. The zero-order valence-corrected chi connectivity index (χ0v) is 15.8. The molecule has 1 atom stereocenters. The number of para-hydroxylation sites is 1. The number of thioether (sulfide) groups is 1. The van der Waals surface area contributed by atoms with Gasteiger partial charge in [0.05, 0.1) is 10.8 Å². The Hall–Kier alpha value is -1.82. The summed E-state index contributed by atoms with van der Waals surface area (Å²) in [5.74, 6) is 0.820. The van der Waals surface area contributed by atoms with Crippen LogP contribution in [0.2, 0.25) is 0 Å². The summed E-state index contributed by atoms with van der Waals surface area (Å²) in [4.78, 5) is 21.6. The Bertz CT molecular complexity index is 717. The molecule has 0 aliphatic carbocycles. The number of fused-ring (bicyclic) bond motifs is 1. The summed E-state index contributed by atoms with van der Waals surface area (Å²) >= 11 is 1.38. The third-order valence-electron chi connectivity index (χ3n) is 3.92. The highest BCUT2D eigenvalue weighted by atomic mass is 32.2. The van der Waals surface area contributed by atoms with Crippen LogP contribution in [0.4, 0.5) is 5.82 Å². The van der Waals surface area contributed by atoms with E-state index in [2.05, 4.69) is 27.5 Å². The van der Waals surface area contributed by atoms with E-state index in [0.717, 1.165) is 29.7 Å². The molecule has 0 spiro atoms. The molecule has 0 bridgehead atoms. The van der Waals surface area contributed by atoms with E-state index >= 15 is 0 Å². The molecule has 2 rings (SSSR count). The molecular weight excluding hydrogens is 320 g/mol. The summed E-state index contributed by atoms with van der Waals surface area (Å²) in [6, 6.07) is 7.90. The number of hydrogen-bond donors (Lipinski definition) is 2. The first kappa shape index (κ1) is 18.5. The minimum absolute atomic E-state index is 0.00797. The molecule has 1 aromatic carbocycles. The van der Waals surface area contributed by atoms with Gasteiger partial charge in [0.1, 0.15) is 5.82 Å². The number of carbonyl (C=O) groups is 1. The molecule has 24 heavy (non-hydrogen) atoms. The van der Waals surface area contributed by atoms with Crippen LogP contribution in [0.5, 0.6) is 0 Å². The number of nitrogens with one attached hydrogen (secondary N) is 2. The Kier molecular flexibility index (Phi) is 6.04. The molecular formula is C18H26N4OS. The van der Waals surface area contributed by atoms with Gasteiger partial charge in [0, 0.05) is 17.5 Å². The van der Waals surface area contributed by atoms with E-state index in [0.29, 0.717) is 5.16 Å². The molecule has 2 aromatic rings. The predicted octanol–water partition coefficient (Wildman–Crippen LogP) is 3.85. The third-order valence-corrected chi connectivity index (χ3v) is 4.88. The summed E-state index contributed by atoms with van der Waals surface area (Å²) in [5.41, 5.74) is 0.679. The van der Waals surface area contributed by atoms with Crippen molar-refractivity contribution < 1.29 is 4.79 Å². The molecule has 1 amide bonds. The summed E-state index contributed by atoms with van der Waals surface area (Å²) < 4.78 is 0. The highest BCUT2D eigenvalue weighted by Gasteiger charge is 2.23. The standard InChI is InChI=1S/C18H26N4OS/c1-6-18(4,5)22-16(23)12(3)24-17-20-14-11-9-8-10-13(14)15(21-17)19-7-2/h8-12H,6-7H2,1-5H3,(H,22,23)(H,19,20,21). The van der Waals surface area contributed by atoms with Gasteiger partial charge in [-0.3, -0.25) is 4.79 Å². The van der Waals surface area contributed by atoms with Crippen molar-refractivity contribution in [1.29, 1.82) is 0 Å². The fourth-order valence-electron chi connectivity index (χ4n) is 2.15. The molecule has 6 heteroatoms. The number of nitrogens with zero attached hydrogens (tertiary/aromatic N) is 2. The van der Waals surface area contributed by atoms with Gasteiger partial charge in [-0.05, 0) is 46.2 Å². The minimum atomic E-state index is -0.258. The fourth-order valence-corrected chi connectivity index (χ4v) is 2.92. The van der Waals surface area contributed by atoms with E-state index in [9.17, 15) is 4.79 Å². The molecule has 130 valence electrons. The van der Waals surface area contributed by atoms with Gasteiger partial charge >= 0.3 is 0 Å². The lowest BCUT2D eigenvalue weighted by molar-refractivity contribution is -0.121. The Morgan fingerprint density at radius 1 is 1.25 bits per heavy atom. The molecule has 5 nitrogen and oxygen atoms in total. The first-order valence-electron chi connectivity index (χ1n) is 8.35. The largest absolute Gasteiger partial charge is 0.370 e. The minimum Gasteiger partial charge on any atom is -0.370 e. The molecule has 1 unspecified atom stereocenters. The molecule has 0 saturated heterocycles. The maximum Gasteiger partial charge on any atom is 0.233 e. The lowest BCUT2D eigenvalue weighted by atomic mass is 10.0. The van der Waals surface area contributed by atoms with Crippen LogP contribution in [0, 0.1) is 0 Å². The van der Waals surface area contributed by atoms with E-state index in [4.69, 9.17) is 0 Å². The zero-order valence-electron chi connectivity index (χ0n) is 15.0. The second kappa shape index (κ2) is 7.83. The maximum absolute atomic E-state index is 12.4. The first-order valence-corrected chi connectivity index (χ1v) is 9.23. The van der Waals surface area contributed by atoms with Crippen LogP contribution in [0.3, 0.4) is 0 Å². The van der Waals surface area contributed by atoms with Gasteiger partial charge in [-0.1, -0.05) is 30.8 Å². The van der Waals surface area contributed by atoms with Crippen LogP contribution in [0.25, 0.3) is 10.9 Å². The molecule has 0 saturated carbocycles. The Labute approximate surface area is 148 Å². The van der Waals surface area contributed by atoms with E-state index < -0.39 is 0 Å². The normalized spacial score (nSPS) is 12.9. The molecule has 2 N–H and O–H groups in total.